The number of fused-ring (bicyclic) bond motifs is 1. The summed E-state index contributed by atoms with van der Waals surface area (Å²) in [5.41, 5.74) is 5.67. The van der Waals surface area contributed by atoms with Gasteiger partial charge in [-0.05, 0) is 61.7 Å². The molecule has 1 saturated heterocycles. The first-order valence-electron chi connectivity index (χ1n) is 10.1. The van der Waals surface area contributed by atoms with Crippen LogP contribution in [0.5, 0.6) is 0 Å². The molecule has 5 rings (SSSR count). The number of rotatable bonds is 3. The summed E-state index contributed by atoms with van der Waals surface area (Å²) in [6.07, 6.45) is 5.95. The van der Waals surface area contributed by atoms with Gasteiger partial charge < -0.3 is 19.2 Å². The van der Waals surface area contributed by atoms with Crippen molar-refractivity contribution in [2.75, 3.05) is 18.4 Å². The van der Waals surface area contributed by atoms with Crippen LogP contribution in [-0.4, -0.2) is 38.6 Å². The molecule has 1 N–H and O–H groups in total. The van der Waals surface area contributed by atoms with Gasteiger partial charge in [-0.25, -0.2) is 14.8 Å². The van der Waals surface area contributed by atoms with Crippen LogP contribution in [0.1, 0.15) is 23.6 Å². The van der Waals surface area contributed by atoms with Crippen molar-refractivity contribution in [2.24, 2.45) is 0 Å². The van der Waals surface area contributed by atoms with Crippen molar-refractivity contribution < 1.29 is 9.21 Å². The van der Waals surface area contributed by atoms with Gasteiger partial charge in [-0.2, -0.15) is 0 Å². The number of hydrogen-bond donors (Lipinski definition) is 1. The Morgan fingerprint density at radius 3 is 2.80 bits per heavy atom. The van der Waals surface area contributed by atoms with Crippen molar-refractivity contribution in [1.82, 2.24) is 19.4 Å². The minimum absolute atomic E-state index is 0.0789. The van der Waals surface area contributed by atoms with Gasteiger partial charge in [0.1, 0.15) is 17.6 Å². The Morgan fingerprint density at radius 1 is 1.20 bits per heavy atom. The van der Waals surface area contributed by atoms with E-state index in [0.717, 1.165) is 45.8 Å². The van der Waals surface area contributed by atoms with Crippen molar-refractivity contribution in [3.05, 3.63) is 66.2 Å². The van der Waals surface area contributed by atoms with Gasteiger partial charge in [-0.3, -0.25) is 0 Å². The van der Waals surface area contributed by atoms with Crippen LogP contribution in [-0.2, 0) is 0 Å². The van der Waals surface area contributed by atoms with Crippen LogP contribution in [0.4, 0.5) is 10.5 Å². The molecule has 0 bridgehead atoms. The Labute approximate surface area is 174 Å². The van der Waals surface area contributed by atoms with Gasteiger partial charge in [-0.1, -0.05) is 6.07 Å². The molecule has 1 aliphatic rings. The molecule has 1 aliphatic heterocycles. The van der Waals surface area contributed by atoms with E-state index in [-0.39, 0.29) is 12.1 Å². The minimum atomic E-state index is -0.0789. The number of benzene rings is 1. The van der Waals surface area contributed by atoms with Gasteiger partial charge in [0.25, 0.3) is 0 Å². The molecule has 152 valence electrons. The van der Waals surface area contributed by atoms with E-state index in [9.17, 15) is 4.79 Å². The second-order valence-corrected chi connectivity index (χ2v) is 7.86. The fourth-order valence-corrected chi connectivity index (χ4v) is 4.26. The van der Waals surface area contributed by atoms with E-state index < -0.39 is 0 Å². The third-order valence-corrected chi connectivity index (χ3v) is 5.52. The number of amides is 2. The molecule has 0 radical (unpaired) electrons. The number of aromatic nitrogens is 3. The summed E-state index contributed by atoms with van der Waals surface area (Å²) in [4.78, 5) is 24.1. The molecule has 7 heteroatoms. The van der Waals surface area contributed by atoms with Crippen LogP contribution in [0.15, 0.2) is 59.5 Å². The molecule has 7 nitrogen and oxygen atoms in total. The van der Waals surface area contributed by atoms with E-state index in [0.29, 0.717) is 13.1 Å². The maximum absolute atomic E-state index is 12.9. The number of carbonyl (C=O) groups excluding carboxylic acids is 1. The minimum Gasteiger partial charge on any atom is -0.472 e. The molecule has 2 amide bonds. The number of aryl methyl sites for hydroxylation is 2. The first-order chi connectivity index (χ1) is 14.6. The maximum Gasteiger partial charge on any atom is 0.321 e. The first kappa shape index (κ1) is 18.4. The lowest BCUT2D eigenvalue weighted by Gasteiger charge is -2.19. The topological polar surface area (TPSA) is 76.2 Å². The zero-order valence-corrected chi connectivity index (χ0v) is 17.0. The van der Waals surface area contributed by atoms with Crippen molar-refractivity contribution in [3.8, 4) is 11.4 Å². The Hall–Kier alpha value is -3.61. The van der Waals surface area contributed by atoms with Crippen LogP contribution in [0.25, 0.3) is 22.6 Å². The molecule has 4 heterocycles. The molecule has 4 aromatic rings. The summed E-state index contributed by atoms with van der Waals surface area (Å²) in [6, 6.07) is 11.8. The summed E-state index contributed by atoms with van der Waals surface area (Å²) < 4.78 is 7.42. The molecule has 1 atom stereocenters. The molecule has 3 aromatic heterocycles. The number of carbonyl (C=O) groups is 1. The molecule has 0 saturated carbocycles. The van der Waals surface area contributed by atoms with Gasteiger partial charge in [0.15, 0.2) is 5.65 Å². The van der Waals surface area contributed by atoms with Crippen LogP contribution in [0.3, 0.4) is 0 Å². The van der Waals surface area contributed by atoms with Gasteiger partial charge in [0.2, 0.25) is 0 Å². The highest BCUT2D eigenvalue weighted by Crippen LogP contribution is 2.32. The molecule has 0 aliphatic carbocycles. The molecule has 1 aromatic carbocycles. The Morgan fingerprint density at radius 2 is 2.03 bits per heavy atom. The summed E-state index contributed by atoms with van der Waals surface area (Å²) in [5.74, 6) is 0.819. The number of nitrogens with one attached hydrogen (secondary N) is 1. The number of pyridine rings is 1. The van der Waals surface area contributed by atoms with E-state index in [1.807, 2.05) is 49.1 Å². The van der Waals surface area contributed by atoms with Gasteiger partial charge >= 0.3 is 6.03 Å². The van der Waals surface area contributed by atoms with E-state index in [2.05, 4.69) is 20.9 Å². The number of anilines is 1. The van der Waals surface area contributed by atoms with Crippen molar-refractivity contribution >= 4 is 22.9 Å². The third kappa shape index (κ3) is 3.32. The van der Waals surface area contributed by atoms with Crippen molar-refractivity contribution in [2.45, 2.75) is 26.3 Å². The van der Waals surface area contributed by atoms with E-state index in [1.54, 1.807) is 18.7 Å². The van der Waals surface area contributed by atoms with Crippen LogP contribution in [0.2, 0.25) is 0 Å². The Kier molecular flexibility index (Phi) is 4.50. The van der Waals surface area contributed by atoms with Gasteiger partial charge in [0, 0.05) is 25.0 Å². The summed E-state index contributed by atoms with van der Waals surface area (Å²) in [6.45, 7) is 5.34. The zero-order valence-electron chi connectivity index (χ0n) is 17.0. The predicted molar refractivity (Wildman–Crippen MR) is 115 cm³/mol. The number of hydrogen-bond acceptors (Lipinski definition) is 4. The van der Waals surface area contributed by atoms with Gasteiger partial charge in [-0.15, -0.1) is 0 Å². The predicted octanol–water partition coefficient (Wildman–Crippen LogP) is 4.79. The fraction of sp³-hybridized carbons (Fsp3) is 0.261. The highest BCUT2D eigenvalue weighted by atomic mass is 16.3. The average Bonchev–Trinajstić information content (AvgIpc) is 3.45. The standard InChI is InChI=1S/C23H23N5O2/c1-15-10-16(2)12-18(11-15)25-23(29)27-8-5-19(13-27)28-21(17-6-9-30-14-17)26-20-4-3-7-24-22(20)28/h3-4,6-7,9-12,14,19H,5,8,13H2,1-2H3,(H,25,29). The van der Waals surface area contributed by atoms with Crippen molar-refractivity contribution in [1.29, 1.82) is 0 Å². The summed E-state index contributed by atoms with van der Waals surface area (Å²) in [5, 5.41) is 3.04. The van der Waals surface area contributed by atoms with Crippen LogP contribution in [0, 0.1) is 13.8 Å². The number of furan rings is 1. The largest absolute Gasteiger partial charge is 0.472 e. The summed E-state index contributed by atoms with van der Waals surface area (Å²) in [7, 11) is 0. The second-order valence-electron chi connectivity index (χ2n) is 7.86. The maximum atomic E-state index is 12.9. The Bertz CT molecular complexity index is 1190. The lowest BCUT2D eigenvalue weighted by Crippen LogP contribution is -2.33. The highest BCUT2D eigenvalue weighted by Gasteiger charge is 2.31. The second kappa shape index (κ2) is 7.33. The number of nitrogens with zero attached hydrogens (tertiary/aromatic N) is 4. The molecule has 30 heavy (non-hydrogen) atoms. The molecule has 1 unspecified atom stereocenters. The smallest absolute Gasteiger partial charge is 0.321 e. The quantitative estimate of drug-likeness (QED) is 0.536. The monoisotopic (exact) mass is 401 g/mol. The molecule has 0 spiro atoms. The number of imidazole rings is 1. The zero-order chi connectivity index (χ0) is 20.7. The van der Waals surface area contributed by atoms with E-state index in [4.69, 9.17) is 9.40 Å². The SMILES string of the molecule is Cc1cc(C)cc(NC(=O)N2CCC(n3c(-c4ccoc4)nc4cccnc43)C2)c1. The highest BCUT2D eigenvalue weighted by molar-refractivity contribution is 5.89. The fourth-order valence-electron chi connectivity index (χ4n) is 4.26. The van der Waals surface area contributed by atoms with E-state index in [1.165, 1.54) is 0 Å². The van der Waals surface area contributed by atoms with Gasteiger partial charge in [0.05, 0.1) is 17.9 Å². The summed E-state index contributed by atoms with van der Waals surface area (Å²) >= 11 is 0. The number of likely N-dealkylation sites (tertiary alicyclic amines) is 1. The van der Waals surface area contributed by atoms with Crippen molar-refractivity contribution in [3.63, 3.8) is 0 Å². The molecular weight excluding hydrogens is 378 g/mol. The lowest BCUT2D eigenvalue weighted by molar-refractivity contribution is 0.221. The Balaban J connectivity index is 1.41. The lowest BCUT2D eigenvalue weighted by atomic mass is 10.1. The van der Waals surface area contributed by atoms with Crippen LogP contribution < -0.4 is 5.32 Å². The molecule has 1 fully saturated rings. The molecular formula is C23H23N5O2. The third-order valence-electron chi connectivity index (χ3n) is 5.52. The normalized spacial score (nSPS) is 16.3. The average molecular weight is 401 g/mol. The van der Waals surface area contributed by atoms with Crippen LogP contribution >= 0.6 is 0 Å². The number of urea groups is 1. The first-order valence-corrected chi connectivity index (χ1v) is 10.1. The van der Waals surface area contributed by atoms with E-state index >= 15 is 0 Å².